The van der Waals surface area contributed by atoms with Gasteiger partial charge in [-0.3, -0.25) is 14.4 Å². The highest BCUT2D eigenvalue weighted by atomic mass is 16.6. The molecule has 0 N–H and O–H groups in total. The quantitative estimate of drug-likeness (QED) is 0.0261. The normalized spacial score (nSPS) is 13.1. The molecule has 0 aliphatic carbocycles. The summed E-state index contributed by atoms with van der Waals surface area (Å²) in [5, 5.41) is 0. The molecule has 0 amide bonds. The summed E-state index contributed by atoms with van der Waals surface area (Å²) in [6.45, 7) is 6.45. The van der Waals surface area contributed by atoms with E-state index in [2.05, 4.69) is 167 Å². The van der Waals surface area contributed by atoms with Gasteiger partial charge >= 0.3 is 17.9 Å². The van der Waals surface area contributed by atoms with Crippen molar-refractivity contribution in [1.82, 2.24) is 0 Å². The summed E-state index contributed by atoms with van der Waals surface area (Å²) < 4.78 is 16.9. The Balaban J connectivity index is 4.44. The van der Waals surface area contributed by atoms with Crippen molar-refractivity contribution < 1.29 is 28.6 Å². The molecule has 1 atom stereocenters. The Morgan fingerprint density at radius 1 is 0.259 bits per heavy atom. The third-order valence-corrected chi connectivity index (χ3v) is 13.8. The first-order chi connectivity index (χ1) is 40.0. The maximum Gasteiger partial charge on any atom is 0.306 e. The van der Waals surface area contributed by atoms with Crippen LogP contribution in [0.25, 0.3) is 0 Å². The van der Waals surface area contributed by atoms with Gasteiger partial charge in [0.1, 0.15) is 13.2 Å². The number of carbonyl (C=O) groups is 3. The van der Waals surface area contributed by atoms with Crippen LogP contribution in [0.2, 0.25) is 0 Å². The Labute approximate surface area is 499 Å². The average Bonchev–Trinajstić information content (AvgIpc) is 3.47. The molecule has 458 valence electrons. The third-order valence-electron chi connectivity index (χ3n) is 13.8. The summed E-state index contributed by atoms with van der Waals surface area (Å²) in [6.07, 6.45) is 97.0. The van der Waals surface area contributed by atoms with E-state index < -0.39 is 6.10 Å². The Bertz CT molecular complexity index is 1760. The maximum atomic E-state index is 12.9. The summed E-state index contributed by atoms with van der Waals surface area (Å²) in [6, 6.07) is 0. The molecular weight excluding hydrogens is 997 g/mol. The van der Waals surface area contributed by atoms with Gasteiger partial charge in [-0.1, -0.05) is 269 Å². The molecule has 0 aromatic carbocycles. The minimum Gasteiger partial charge on any atom is -0.462 e. The van der Waals surface area contributed by atoms with Crippen LogP contribution in [0.15, 0.2) is 146 Å². The van der Waals surface area contributed by atoms with Gasteiger partial charge in [-0.25, -0.2) is 0 Å². The van der Waals surface area contributed by atoms with Crippen molar-refractivity contribution >= 4 is 17.9 Å². The molecule has 81 heavy (non-hydrogen) atoms. The summed E-state index contributed by atoms with van der Waals surface area (Å²) in [7, 11) is 0. The van der Waals surface area contributed by atoms with Crippen molar-refractivity contribution in [3.05, 3.63) is 146 Å². The molecule has 0 bridgehead atoms. The standard InChI is InChI=1S/C75H122O6/c1-4-7-10-13-16-19-22-25-28-30-32-33-34-35-36-37-38-39-40-41-43-44-47-50-53-56-59-62-65-68-74(77)80-71-72(70-79-73(76)67-64-61-58-55-52-49-46-27-24-21-18-15-12-9-6-3)81-75(78)69-66-63-60-57-54-51-48-45-42-31-29-26-23-20-17-14-11-8-5-2/h7,10,16-21,25-29,32-33,35-36,38-39,41,43,46-47,50,72H,4-6,8-9,11-15,22-24,30-31,34,37,40,42,44-45,48-49,51-71H2,1-3H3/b10-7-,19-16-,20-17-,21-18-,28-25-,29-26-,33-32-,36-35-,39-38-,43-41-,46-27-,50-47-. The lowest BCUT2D eigenvalue weighted by molar-refractivity contribution is -0.167. The van der Waals surface area contributed by atoms with Crippen LogP contribution >= 0.6 is 0 Å². The van der Waals surface area contributed by atoms with E-state index in [4.69, 9.17) is 14.2 Å². The van der Waals surface area contributed by atoms with Gasteiger partial charge in [-0.15, -0.1) is 0 Å². The van der Waals surface area contributed by atoms with Gasteiger partial charge in [0.15, 0.2) is 6.10 Å². The van der Waals surface area contributed by atoms with Gasteiger partial charge in [0, 0.05) is 19.3 Å². The van der Waals surface area contributed by atoms with E-state index in [0.717, 1.165) is 154 Å². The predicted octanol–water partition coefficient (Wildman–Crippen LogP) is 23.1. The van der Waals surface area contributed by atoms with E-state index in [1.54, 1.807) is 0 Å². The predicted molar refractivity (Wildman–Crippen MR) is 352 cm³/mol. The van der Waals surface area contributed by atoms with Crippen molar-refractivity contribution in [3.63, 3.8) is 0 Å². The van der Waals surface area contributed by atoms with Gasteiger partial charge in [-0.05, 0) is 148 Å². The number of rotatable bonds is 59. The minimum atomic E-state index is -0.805. The Kier molecular flexibility index (Phi) is 63.9. The van der Waals surface area contributed by atoms with Crippen LogP contribution in [0.1, 0.15) is 290 Å². The highest BCUT2D eigenvalue weighted by molar-refractivity contribution is 5.71. The highest BCUT2D eigenvalue weighted by Crippen LogP contribution is 2.15. The van der Waals surface area contributed by atoms with E-state index >= 15 is 0 Å². The molecule has 0 aromatic rings. The molecule has 0 rings (SSSR count). The van der Waals surface area contributed by atoms with E-state index in [-0.39, 0.29) is 31.1 Å². The van der Waals surface area contributed by atoms with E-state index in [0.29, 0.717) is 19.3 Å². The molecule has 0 radical (unpaired) electrons. The summed E-state index contributed by atoms with van der Waals surface area (Å²) in [5.41, 5.74) is 0. The van der Waals surface area contributed by atoms with Crippen LogP contribution < -0.4 is 0 Å². The summed E-state index contributed by atoms with van der Waals surface area (Å²) in [5.74, 6) is -0.940. The Hall–Kier alpha value is -4.71. The van der Waals surface area contributed by atoms with Crippen molar-refractivity contribution in [2.45, 2.75) is 297 Å². The van der Waals surface area contributed by atoms with Crippen molar-refractivity contribution in [3.8, 4) is 0 Å². The van der Waals surface area contributed by atoms with Crippen molar-refractivity contribution in [2.24, 2.45) is 0 Å². The molecule has 0 fully saturated rings. The smallest absolute Gasteiger partial charge is 0.306 e. The Morgan fingerprint density at radius 3 is 0.753 bits per heavy atom. The fourth-order valence-electron chi connectivity index (χ4n) is 8.81. The lowest BCUT2D eigenvalue weighted by Gasteiger charge is -2.18. The SMILES string of the molecule is CC/C=C\C/C=C\C/C=C\C/C=C\C/C=C\C/C=C\C/C=C\C/C=C\CCCCCCC(=O)OCC(COC(=O)CCCCCCC/C=C\C/C=C\CCCCC)OC(=O)CCCCCCCCCCC/C=C\C/C=C\CCCCC. The first-order valence-corrected chi connectivity index (χ1v) is 33.3. The lowest BCUT2D eigenvalue weighted by Crippen LogP contribution is -2.30. The largest absolute Gasteiger partial charge is 0.462 e. The molecular formula is C75H122O6. The number of allylic oxidation sites excluding steroid dienone is 24. The summed E-state index contributed by atoms with van der Waals surface area (Å²) in [4.78, 5) is 38.4. The van der Waals surface area contributed by atoms with Crippen LogP contribution in [0.4, 0.5) is 0 Å². The molecule has 0 saturated carbocycles. The number of carbonyl (C=O) groups excluding carboxylic acids is 3. The highest BCUT2D eigenvalue weighted by Gasteiger charge is 2.19. The van der Waals surface area contributed by atoms with E-state index in [9.17, 15) is 14.4 Å². The maximum absolute atomic E-state index is 12.9. The molecule has 0 heterocycles. The second-order valence-corrected chi connectivity index (χ2v) is 21.6. The monoisotopic (exact) mass is 1120 g/mol. The second-order valence-electron chi connectivity index (χ2n) is 21.6. The van der Waals surface area contributed by atoms with Crippen LogP contribution in [0.5, 0.6) is 0 Å². The minimum absolute atomic E-state index is 0.0995. The molecule has 0 spiro atoms. The van der Waals surface area contributed by atoms with Crippen LogP contribution in [-0.4, -0.2) is 37.2 Å². The van der Waals surface area contributed by atoms with Gasteiger partial charge in [0.2, 0.25) is 0 Å². The molecule has 0 aliphatic rings. The lowest BCUT2D eigenvalue weighted by atomic mass is 10.1. The zero-order valence-corrected chi connectivity index (χ0v) is 52.5. The van der Waals surface area contributed by atoms with E-state index in [1.165, 1.54) is 96.3 Å². The number of hydrogen-bond donors (Lipinski definition) is 0. The van der Waals surface area contributed by atoms with Crippen molar-refractivity contribution in [1.29, 1.82) is 0 Å². The number of hydrogen-bond acceptors (Lipinski definition) is 6. The first-order valence-electron chi connectivity index (χ1n) is 33.3. The summed E-state index contributed by atoms with van der Waals surface area (Å²) >= 11 is 0. The topological polar surface area (TPSA) is 78.9 Å². The third kappa shape index (κ3) is 66.0. The first kappa shape index (κ1) is 76.3. The zero-order valence-electron chi connectivity index (χ0n) is 52.5. The van der Waals surface area contributed by atoms with E-state index in [1.807, 2.05) is 0 Å². The number of ether oxygens (including phenoxy) is 3. The zero-order chi connectivity index (χ0) is 58.5. The second kappa shape index (κ2) is 67.8. The molecule has 0 saturated heterocycles. The molecule has 0 aromatic heterocycles. The average molecular weight is 1120 g/mol. The van der Waals surface area contributed by atoms with Gasteiger partial charge in [0.25, 0.3) is 0 Å². The molecule has 6 heteroatoms. The van der Waals surface area contributed by atoms with Gasteiger partial charge in [0.05, 0.1) is 0 Å². The van der Waals surface area contributed by atoms with Crippen LogP contribution in [0.3, 0.4) is 0 Å². The number of unbranched alkanes of at least 4 members (excludes halogenated alkanes) is 24. The van der Waals surface area contributed by atoms with Gasteiger partial charge < -0.3 is 14.2 Å². The van der Waals surface area contributed by atoms with Crippen LogP contribution in [0, 0.1) is 0 Å². The molecule has 1 unspecified atom stereocenters. The Morgan fingerprint density at radius 2 is 0.481 bits per heavy atom. The fraction of sp³-hybridized carbons (Fsp3) is 0.640. The van der Waals surface area contributed by atoms with Crippen molar-refractivity contribution in [2.75, 3.05) is 13.2 Å². The molecule has 0 aliphatic heterocycles. The molecule has 6 nitrogen and oxygen atoms in total. The number of esters is 3. The fourth-order valence-corrected chi connectivity index (χ4v) is 8.81. The van der Waals surface area contributed by atoms with Gasteiger partial charge in [-0.2, -0.15) is 0 Å². The van der Waals surface area contributed by atoms with Crippen LogP contribution in [-0.2, 0) is 28.6 Å².